The summed E-state index contributed by atoms with van der Waals surface area (Å²) >= 11 is 0. The minimum absolute atomic E-state index is 0.0405. The molecule has 2 aromatic carbocycles. The van der Waals surface area contributed by atoms with Gasteiger partial charge in [-0.15, -0.1) is 0 Å². The Labute approximate surface area is 149 Å². The highest BCUT2D eigenvalue weighted by Gasteiger charge is 2.10. The maximum atomic E-state index is 13.6. The molecule has 0 fully saturated rings. The number of rotatable bonds is 4. The van der Waals surface area contributed by atoms with E-state index in [0.717, 1.165) is 23.3 Å². The molecule has 3 aromatic rings. The SMILES string of the molecule is Cc1ccc(NC(=O)c2cnc(Nc3ccc(F)cc3F)nc2)cc1C. The number of anilines is 3. The Bertz CT molecular complexity index is 958. The third-order valence-electron chi connectivity index (χ3n) is 3.86. The molecule has 26 heavy (non-hydrogen) atoms. The van der Waals surface area contributed by atoms with Gasteiger partial charge in [0.15, 0.2) is 0 Å². The fraction of sp³-hybridized carbons (Fsp3) is 0.105. The van der Waals surface area contributed by atoms with Crippen LogP contribution in [0.5, 0.6) is 0 Å². The van der Waals surface area contributed by atoms with Crippen molar-refractivity contribution in [3.05, 3.63) is 77.1 Å². The topological polar surface area (TPSA) is 66.9 Å². The van der Waals surface area contributed by atoms with Gasteiger partial charge in [-0.3, -0.25) is 4.79 Å². The van der Waals surface area contributed by atoms with Crippen LogP contribution in [-0.4, -0.2) is 15.9 Å². The first-order chi connectivity index (χ1) is 12.4. The molecule has 1 aromatic heterocycles. The lowest BCUT2D eigenvalue weighted by atomic mass is 10.1. The van der Waals surface area contributed by atoms with Gasteiger partial charge in [0.1, 0.15) is 11.6 Å². The third kappa shape index (κ3) is 4.00. The molecule has 2 N–H and O–H groups in total. The van der Waals surface area contributed by atoms with E-state index in [1.807, 2.05) is 32.0 Å². The number of nitrogens with one attached hydrogen (secondary N) is 2. The maximum Gasteiger partial charge on any atom is 0.258 e. The van der Waals surface area contributed by atoms with Gasteiger partial charge >= 0.3 is 0 Å². The van der Waals surface area contributed by atoms with Gasteiger partial charge in [-0.2, -0.15) is 0 Å². The molecule has 0 unspecified atom stereocenters. The Morgan fingerprint density at radius 1 is 0.962 bits per heavy atom. The molecule has 0 aliphatic heterocycles. The molecule has 132 valence electrons. The highest BCUT2D eigenvalue weighted by Crippen LogP contribution is 2.19. The number of carbonyl (C=O) groups is 1. The first-order valence-corrected chi connectivity index (χ1v) is 7.85. The largest absolute Gasteiger partial charge is 0.322 e. The van der Waals surface area contributed by atoms with Crippen molar-refractivity contribution >= 4 is 23.2 Å². The Morgan fingerprint density at radius 3 is 2.35 bits per heavy atom. The monoisotopic (exact) mass is 354 g/mol. The summed E-state index contributed by atoms with van der Waals surface area (Å²) in [7, 11) is 0. The molecule has 7 heteroatoms. The quantitative estimate of drug-likeness (QED) is 0.730. The molecule has 0 spiro atoms. The van der Waals surface area contributed by atoms with Gasteiger partial charge in [-0.1, -0.05) is 6.07 Å². The molecule has 1 heterocycles. The molecule has 0 bridgehead atoms. The maximum absolute atomic E-state index is 13.6. The standard InChI is InChI=1S/C19H16F2N4O/c1-11-3-5-15(7-12(11)2)24-18(26)13-9-22-19(23-10-13)25-17-6-4-14(20)8-16(17)21/h3-10H,1-2H3,(H,24,26)(H,22,23,25). The second-order valence-electron chi connectivity index (χ2n) is 5.80. The van der Waals surface area contributed by atoms with E-state index in [1.165, 1.54) is 18.5 Å². The highest BCUT2D eigenvalue weighted by atomic mass is 19.1. The van der Waals surface area contributed by atoms with Crippen LogP contribution >= 0.6 is 0 Å². The predicted molar refractivity (Wildman–Crippen MR) is 95.5 cm³/mol. The summed E-state index contributed by atoms with van der Waals surface area (Å²) in [6, 6.07) is 8.74. The molecule has 3 rings (SSSR count). The molecule has 5 nitrogen and oxygen atoms in total. The molecule has 0 aliphatic rings. The zero-order valence-electron chi connectivity index (χ0n) is 14.2. The fourth-order valence-electron chi connectivity index (χ4n) is 2.24. The molecule has 1 amide bonds. The second-order valence-corrected chi connectivity index (χ2v) is 5.80. The molecule has 0 atom stereocenters. The number of nitrogens with zero attached hydrogens (tertiary/aromatic N) is 2. The van der Waals surface area contributed by atoms with Crippen LogP contribution in [0, 0.1) is 25.5 Å². The van der Waals surface area contributed by atoms with E-state index < -0.39 is 11.6 Å². The van der Waals surface area contributed by atoms with E-state index in [4.69, 9.17) is 0 Å². The number of amides is 1. The fourth-order valence-corrected chi connectivity index (χ4v) is 2.24. The van der Waals surface area contributed by atoms with Crippen molar-refractivity contribution in [2.45, 2.75) is 13.8 Å². The van der Waals surface area contributed by atoms with Gasteiger partial charge in [0.05, 0.1) is 11.3 Å². The number of hydrogen-bond acceptors (Lipinski definition) is 4. The van der Waals surface area contributed by atoms with E-state index in [2.05, 4.69) is 20.6 Å². The number of carbonyl (C=O) groups excluding carboxylic acids is 1. The average Bonchev–Trinajstić information content (AvgIpc) is 2.61. The van der Waals surface area contributed by atoms with Gasteiger partial charge in [0.2, 0.25) is 5.95 Å². The smallest absolute Gasteiger partial charge is 0.258 e. The van der Waals surface area contributed by atoms with Crippen molar-refractivity contribution in [3.8, 4) is 0 Å². The van der Waals surface area contributed by atoms with Gasteiger partial charge in [0, 0.05) is 24.1 Å². The lowest BCUT2D eigenvalue weighted by molar-refractivity contribution is 0.102. The molecular weight excluding hydrogens is 338 g/mol. The van der Waals surface area contributed by atoms with E-state index >= 15 is 0 Å². The van der Waals surface area contributed by atoms with Crippen LogP contribution in [0.3, 0.4) is 0 Å². The normalized spacial score (nSPS) is 10.5. The first kappa shape index (κ1) is 17.5. The number of hydrogen-bond donors (Lipinski definition) is 2. The first-order valence-electron chi connectivity index (χ1n) is 7.85. The molecule has 0 saturated carbocycles. The third-order valence-corrected chi connectivity index (χ3v) is 3.86. The summed E-state index contributed by atoms with van der Waals surface area (Å²) in [4.78, 5) is 20.2. The van der Waals surface area contributed by atoms with Crippen molar-refractivity contribution < 1.29 is 13.6 Å². The molecule has 0 aliphatic carbocycles. The molecule has 0 saturated heterocycles. The Morgan fingerprint density at radius 2 is 1.69 bits per heavy atom. The predicted octanol–water partition coefficient (Wildman–Crippen LogP) is 4.37. The van der Waals surface area contributed by atoms with Crippen LogP contribution in [-0.2, 0) is 0 Å². The van der Waals surface area contributed by atoms with Crippen LogP contribution in [0.4, 0.5) is 26.1 Å². The number of aryl methyl sites for hydroxylation is 2. The minimum Gasteiger partial charge on any atom is -0.322 e. The zero-order chi connectivity index (χ0) is 18.7. The van der Waals surface area contributed by atoms with Crippen molar-refractivity contribution in [1.29, 1.82) is 0 Å². The lowest BCUT2D eigenvalue weighted by Gasteiger charge is -2.08. The van der Waals surface area contributed by atoms with Gasteiger partial charge < -0.3 is 10.6 Å². The Kier molecular flexibility index (Phi) is 4.88. The van der Waals surface area contributed by atoms with Gasteiger partial charge in [-0.05, 0) is 49.2 Å². The van der Waals surface area contributed by atoms with Crippen LogP contribution in [0.15, 0.2) is 48.8 Å². The van der Waals surface area contributed by atoms with Crippen molar-refractivity contribution in [2.75, 3.05) is 10.6 Å². The van der Waals surface area contributed by atoms with Crippen molar-refractivity contribution in [3.63, 3.8) is 0 Å². The van der Waals surface area contributed by atoms with E-state index in [1.54, 1.807) is 0 Å². The number of benzene rings is 2. The van der Waals surface area contributed by atoms with E-state index in [0.29, 0.717) is 5.69 Å². The van der Waals surface area contributed by atoms with Gasteiger partial charge in [0.25, 0.3) is 5.91 Å². The number of halogens is 2. The van der Waals surface area contributed by atoms with Crippen molar-refractivity contribution in [2.24, 2.45) is 0 Å². The average molecular weight is 354 g/mol. The summed E-state index contributed by atoms with van der Waals surface area (Å²) in [5.41, 5.74) is 3.18. The van der Waals surface area contributed by atoms with E-state index in [-0.39, 0.29) is 23.1 Å². The number of aromatic nitrogens is 2. The lowest BCUT2D eigenvalue weighted by Crippen LogP contribution is -2.13. The van der Waals surface area contributed by atoms with Crippen LogP contribution in [0.25, 0.3) is 0 Å². The minimum atomic E-state index is -0.759. The molecule has 0 radical (unpaired) electrons. The summed E-state index contributed by atoms with van der Waals surface area (Å²) in [5, 5.41) is 5.40. The van der Waals surface area contributed by atoms with E-state index in [9.17, 15) is 13.6 Å². The van der Waals surface area contributed by atoms with Crippen LogP contribution in [0.2, 0.25) is 0 Å². The summed E-state index contributed by atoms with van der Waals surface area (Å²) < 4.78 is 26.5. The highest BCUT2D eigenvalue weighted by molar-refractivity contribution is 6.03. The van der Waals surface area contributed by atoms with Crippen LogP contribution < -0.4 is 10.6 Å². The Hall–Kier alpha value is -3.35. The summed E-state index contributed by atoms with van der Waals surface area (Å²) in [6.07, 6.45) is 2.65. The van der Waals surface area contributed by atoms with Crippen LogP contribution in [0.1, 0.15) is 21.5 Å². The summed E-state index contributed by atoms with van der Waals surface area (Å²) in [6.45, 7) is 3.95. The Balaban J connectivity index is 1.70. The van der Waals surface area contributed by atoms with Crippen molar-refractivity contribution in [1.82, 2.24) is 9.97 Å². The second kappa shape index (κ2) is 7.26. The molecular formula is C19H16F2N4O. The zero-order valence-corrected chi connectivity index (χ0v) is 14.2. The summed E-state index contributed by atoms with van der Waals surface area (Å²) in [5.74, 6) is -1.69. The van der Waals surface area contributed by atoms with Gasteiger partial charge in [-0.25, -0.2) is 18.7 Å².